The molecule has 0 unspecified atom stereocenters. The normalized spacial score (nSPS) is 10.1. The van der Waals surface area contributed by atoms with Crippen molar-refractivity contribution in [2.75, 3.05) is 17.7 Å². The first-order valence-electron chi connectivity index (χ1n) is 8.21. The standard InChI is InChI=1S/C20H18N4O3/c1-13(25)14-4-3-5-16(12-14)23-20-21-11-10-18(24-20)19(26)22-15-6-8-17(27-2)9-7-15/h3-12H,1-2H3,(H,22,26)(H,21,23,24). The van der Waals surface area contributed by atoms with Crippen LogP contribution in [0.15, 0.2) is 60.8 Å². The molecule has 0 fully saturated rings. The molecule has 7 heteroatoms. The number of nitrogens with zero attached hydrogens (tertiary/aromatic N) is 2. The molecule has 0 saturated heterocycles. The van der Waals surface area contributed by atoms with Crippen molar-refractivity contribution < 1.29 is 14.3 Å². The Morgan fingerprint density at radius 2 is 1.78 bits per heavy atom. The average molecular weight is 362 g/mol. The molecule has 0 aliphatic rings. The van der Waals surface area contributed by atoms with Gasteiger partial charge in [-0.1, -0.05) is 12.1 Å². The first-order chi connectivity index (χ1) is 13.0. The van der Waals surface area contributed by atoms with Crippen molar-refractivity contribution in [3.63, 3.8) is 0 Å². The minimum Gasteiger partial charge on any atom is -0.497 e. The predicted molar refractivity (Wildman–Crippen MR) is 103 cm³/mol. The van der Waals surface area contributed by atoms with E-state index >= 15 is 0 Å². The molecule has 1 heterocycles. The van der Waals surface area contributed by atoms with E-state index in [0.29, 0.717) is 22.7 Å². The van der Waals surface area contributed by atoms with Crippen molar-refractivity contribution >= 4 is 29.0 Å². The lowest BCUT2D eigenvalue weighted by Crippen LogP contribution is -2.14. The number of amides is 1. The van der Waals surface area contributed by atoms with Crippen molar-refractivity contribution in [3.8, 4) is 5.75 Å². The Hall–Kier alpha value is -3.74. The van der Waals surface area contributed by atoms with Gasteiger partial charge in [-0.05, 0) is 49.4 Å². The summed E-state index contributed by atoms with van der Waals surface area (Å²) in [5, 5.41) is 5.77. The second-order valence-corrected chi connectivity index (χ2v) is 5.71. The lowest BCUT2D eigenvalue weighted by molar-refractivity contribution is 0.101. The van der Waals surface area contributed by atoms with E-state index in [2.05, 4.69) is 20.6 Å². The van der Waals surface area contributed by atoms with Crippen molar-refractivity contribution in [1.82, 2.24) is 9.97 Å². The number of hydrogen-bond acceptors (Lipinski definition) is 6. The van der Waals surface area contributed by atoms with Gasteiger partial charge in [0, 0.05) is 23.1 Å². The Morgan fingerprint density at radius 3 is 2.48 bits per heavy atom. The molecule has 1 aromatic heterocycles. The van der Waals surface area contributed by atoms with Crippen LogP contribution < -0.4 is 15.4 Å². The van der Waals surface area contributed by atoms with Crippen LogP contribution in [-0.2, 0) is 0 Å². The van der Waals surface area contributed by atoms with Gasteiger partial charge in [0.2, 0.25) is 5.95 Å². The molecule has 0 aliphatic heterocycles. The summed E-state index contributed by atoms with van der Waals surface area (Å²) in [6, 6.07) is 15.5. The Morgan fingerprint density at radius 1 is 1.00 bits per heavy atom. The van der Waals surface area contributed by atoms with Crippen molar-refractivity contribution in [2.24, 2.45) is 0 Å². The van der Waals surface area contributed by atoms with Gasteiger partial charge in [0.1, 0.15) is 11.4 Å². The van der Waals surface area contributed by atoms with Crippen LogP contribution in [0, 0.1) is 0 Å². The van der Waals surface area contributed by atoms with Crippen LogP contribution in [0.3, 0.4) is 0 Å². The third kappa shape index (κ3) is 4.66. The molecule has 0 radical (unpaired) electrons. The minimum absolute atomic E-state index is 0.0350. The fourth-order valence-electron chi connectivity index (χ4n) is 2.36. The highest BCUT2D eigenvalue weighted by atomic mass is 16.5. The molecule has 2 aromatic carbocycles. The lowest BCUT2D eigenvalue weighted by atomic mass is 10.1. The maximum Gasteiger partial charge on any atom is 0.274 e. The number of anilines is 3. The molecular formula is C20H18N4O3. The molecule has 0 atom stereocenters. The topological polar surface area (TPSA) is 93.2 Å². The molecule has 0 spiro atoms. The quantitative estimate of drug-likeness (QED) is 0.650. The van der Waals surface area contributed by atoms with E-state index in [-0.39, 0.29) is 23.3 Å². The Kier molecular flexibility index (Phi) is 5.41. The highest BCUT2D eigenvalue weighted by molar-refractivity contribution is 6.03. The summed E-state index contributed by atoms with van der Waals surface area (Å²) >= 11 is 0. The number of methoxy groups -OCH3 is 1. The van der Waals surface area contributed by atoms with E-state index in [1.807, 2.05) is 0 Å². The fraction of sp³-hybridized carbons (Fsp3) is 0.100. The lowest BCUT2D eigenvalue weighted by Gasteiger charge is -2.08. The highest BCUT2D eigenvalue weighted by Gasteiger charge is 2.10. The van der Waals surface area contributed by atoms with Crippen molar-refractivity contribution in [3.05, 3.63) is 72.1 Å². The smallest absolute Gasteiger partial charge is 0.274 e. The van der Waals surface area contributed by atoms with E-state index in [9.17, 15) is 9.59 Å². The number of ketones is 1. The van der Waals surface area contributed by atoms with Crippen molar-refractivity contribution in [1.29, 1.82) is 0 Å². The number of benzene rings is 2. The minimum atomic E-state index is -0.358. The largest absolute Gasteiger partial charge is 0.497 e. The fourth-order valence-corrected chi connectivity index (χ4v) is 2.36. The van der Waals surface area contributed by atoms with Crippen LogP contribution >= 0.6 is 0 Å². The number of aromatic nitrogens is 2. The number of rotatable bonds is 6. The van der Waals surface area contributed by atoms with Gasteiger partial charge in [-0.15, -0.1) is 0 Å². The summed E-state index contributed by atoms with van der Waals surface area (Å²) in [6.07, 6.45) is 1.49. The van der Waals surface area contributed by atoms with Crippen LogP contribution in [0.4, 0.5) is 17.3 Å². The number of hydrogen-bond donors (Lipinski definition) is 2. The van der Waals surface area contributed by atoms with E-state index in [1.54, 1.807) is 55.6 Å². The van der Waals surface area contributed by atoms with Crippen molar-refractivity contribution in [2.45, 2.75) is 6.92 Å². The Labute approximate surface area is 156 Å². The summed E-state index contributed by atoms with van der Waals surface area (Å²) in [6.45, 7) is 1.50. The molecular weight excluding hydrogens is 344 g/mol. The molecule has 3 aromatic rings. The summed E-state index contributed by atoms with van der Waals surface area (Å²) in [4.78, 5) is 32.2. The summed E-state index contributed by atoms with van der Waals surface area (Å²) < 4.78 is 5.09. The zero-order valence-electron chi connectivity index (χ0n) is 14.9. The van der Waals surface area contributed by atoms with Gasteiger partial charge in [-0.3, -0.25) is 9.59 Å². The molecule has 136 valence electrons. The van der Waals surface area contributed by atoms with Gasteiger partial charge in [0.25, 0.3) is 5.91 Å². The van der Waals surface area contributed by atoms with Crippen LogP contribution in [-0.4, -0.2) is 28.8 Å². The zero-order valence-corrected chi connectivity index (χ0v) is 14.9. The SMILES string of the molecule is COc1ccc(NC(=O)c2ccnc(Nc3cccc(C(C)=O)c3)n2)cc1. The second kappa shape index (κ2) is 8.09. The predicted octanol–water partition coefficient (Wildman–Crippen LogP) is 3.68. The van der Waals surface area contributed by atoms with E-state index in [1.165, 1.54) is 19.2 Å². The monoisotopic (exact) mass is 362 g/mol. The zero-order chi connectivity index (χ0) is 19.2. The number of carbonyl (C=O) groups is 2. The van der Waals surface area contributed by atoms with E-state index in [0.717, 1.165) is 0 Å². The average Bonchev–Trinajstić information content (AvgIpc) is 2.69. The molecule has 1 amide bonds. The third-order valence-electron chi connectivity index (χ3n) is 3.76. The summed E-state index contributed by atoms with van der Waals surface area (Å²) in [5.41, 5.74) is 2.08. The molecule has 3 rings (SSSR count). The van der Waals surface area contributed by atoms with Crippen LogP contribution in [0.5, 0.6) is 5.75 Å². The molecule has 0 aliphatic carbocycles. The highest BCUT2D eigenvalue weighted by Crippen LogP contribution is 2.17. The molecule has 2 N–H and O–H groups in total. The van der Waals surface area contributed by atoms with Crippen LogP contribution in [0.2, 0.25) is 0 Å². The van der Waals surface area contributed by atoms with Crippen LogP contribution in [0.1, 0.15) is 27.8 Å². The van der Waals surface area contributed by atoms with Gasteiger partial charge < -0.3 is 15.4 Å². The molecule has 0 saturated carbocycles. The first-order valence-corrected chi connectivity index (χ1v) is 8.21. The van der Waals surface area contributed by atoms with Gasteiger partial charge in [0.05, 0.1) is 7.11 Å². The summed E-state index contributed by atoms with van der Waals surface area (Å²) in [7, 11) is 1.58. The maximum atomic E-state index is 12.4. The van der Waals surface area contributed by atoms with Gasteiger partial charge >= 0.3 is 0 Å². The first kappa shape index (κ1) is 18.1. The number of nitrogens with one attached hydrogen (secondary N) is 2. The second-order valence-electron chi connectivity index (χ2n) is 5.71. The van der Waals surface area contributed by atoms with E-state index in [4.69, 9.17) is 4.74 Å². The number of carbonyl (C=O) groups excluding carboxylic acids is 2. The maximum absolute atomic E-state index is 12.4. The Balaban J connectivity index is 1.73. The van der Waals surface area contributed by atoms with Gasteiger partial charge in [-0.2, -0.15) is 0 Å². The Bertz CT molecular complexity index is 971. The number of ether oxygens (including phenoxy) is 1. The molecule has 0 bridgehead atoms. The summed E-state index contributed by atoms with van der Waals surface area (Å²) in [5.74, 6) is 0.572. The number of Topliss-reactive ketones (excluding diaryl/α,β-unsaturated/α-hetero) is 1. The van der Waals surface area contributed by atoms with Gasteiger partial charge in [0.15, 0.2) is 5.78 Å². The third-order valence-corrected chi connectivity index (χ3v) is 3.76. The molecule has 7 nitrogen and oxygen atoms in total. The molecule has 27 heavy (non-hydrogen) atoms. The van der Waals surface area contributed by atoms with Gasteiger partial charge in [-0.25, -0.2) is 9.97 Å². The van der Waals surface area contributed by atoms with E-state index < -0.39 is 0 Å². The van der Waals surface area contributed by atoms with Crippen LogP contribution in [0.25, 0.3) is 0 Å².